The summed E-state index contributed by atoms with van der Waals surface area (Å²) < 4.78 is 12.4. The third-order valence-electron chi connectivity index (χ3n) is 3.49. The Hall–Kier alpha value is -2.53. The number of aromatic nitrogens is 1. The van der Waals surface area contributed by atoms with E-state index in [1.165, 1.54) is 11.3 Å². The Balaban J connectivity index is 2.10. The van der Waals surface area contributed by atoms with Gasteiger partial charge in [0.15, 0.2) is 0 Å². The summed E-state index contributed by atoms with van der Waals surface area (Å²) in [5, 5.41) is 2.85. The molecule has 0 bridgehead atoms. The Labute approximate surface area is 138 Å². The Morgan fingerprint density at radius 1 is 1.17 bits per heavy atom. The average molecular weight is 327 g/mol. The SMILES string of the molecule is CCOC(=O)c1c(-c2ccc(OC)cc2)csc1-n1cccc1. The van der Waals surface area contributed by atoms with E-state index in [4.69, 9.17) is 9.47 Å². The normalized spacial score (nSPS) is 10.5. The lowest BCUT2D eigenvalue weighted by Crippen LogP contribution is -2.08. The second kappa shape index (κ2) is 6.71. The maximum atomic E-state index is 12.5. The molecule has 0 spiro atoms. The molecule has 0 aliphatic carbocycles. The van der Waals surface area contributed by atoms with Crippen molar-refractivity contribution < 1.29 is 14.3 Å². The Morgan fingerprint density at radius 3 is 2.48 bits per heavy atom. The van der Waals surface area contributed by atoms with Gasteiger partial charge >= 0.3 is 5.97 Å². The van der Waals surface area contributed by atoms with Crippen LogP contribution in [0.1, 0.15) is 17.3 Å². The van der Waals surface area contributed by atoms with Crippen LogP contribution in [-0.2, 0) is 4.74 Å². The summed E-state index contributed by atoms with van der Waals surface area (Å²) in [7, 11) is 1.63. The Bertz CT molecular complexity index is 788. The van der Waals surface area contributed by atoms with Gasteiger partial charge in [0.1, 0.15) is 16.3 Å². The molecule has 0 fully saturated rings. The fraction of sp³-hybridized carbons (Fsp3) is 0.167. The predicted octanol–water partition coefficient (Wildman–Crippen LogP) is 4.39. The minimum atomic E-state index is -0.303. The van der Waals surface area contributed by atoms with Crippen LogP contribution in [0.4, 0.5) is 0 Å². The number of ether oxygens (including phenoxy) is 2. The van der Waals surface area contributed by atoms with Crippen LogP contribution in [0.3, 0.4) is 0 Å². The Morgan fingerprint density at radius 2 is 1.87 bits per heavy atom. The molecular formula is C18H17NO3S. The van der Waals surface area contributed by atoms with Gasteiger partial charge in [-0.3, -0.25) is 0 Å². The van der Waals surface area contributed by atoms with Gasteiger partial charge in [0, 0.05) is 23.3 Å². The summed E-state index contributed by atoms with van der Waals surface area (Å²) in [5.74, 6) is 0.482. The van der Waals surface area contributed by atoms with Crippen molar-refractivity contribution in [3.05, 3.63) is 59.7 Å². The first-order valence-electron chi connectivity index (χ1n) is 7.31. The van der Waals surface area contributed by atoms with Gasteiger partial charge in [-0.05, 0) is 36.8 Å². The van der Waals surface area contributed by atoms with Gasteiger partial charge < -0.3 is 14.0 Å². The van der Waals surface area contributed by atoms with Crippen molar-refractivity contribution in [3.63, 3.8) is 0 Å². The van der Waals surface area contributed by atoms with E-state index in [1.807, 2.05) is 65.7 Å². The summed E-state index contributed by atoms with van der Waals surface area (Å²) in [4.78, 5) is 12.5. The zero-order valence-corrected chi connectivity index (χ0v) is 13.8. The molecule has 0 saturated carbocycles. The lowest BCUT2D eigenvalue weighted by molar-refractivity contribution is 0.0528. The smallest absolute Gasteiger partial charge is 0.341 e. The molecule has 3 rings (SSSR count). The Kier molecular flexibility index (Phi) is 4.48. The van der Waals surface area contributed by atoms with Gasteiger partial charge in [-0.25, -0.2) is 4.79 Å². The van der Waals surface area contributed by atoms with Crippen molar-refractivity contribution in [2.45, 2.75) is 6.92 Å². The number of carbonyl (C=O) groups excluding carboxylic acids is 1. The first kappa shape index (κ1) is 15.4. The second-order valence-electron chi connectivity index (χ2n) is 4.87. The fourth-order valence-corrected chi connectivity index (χ4v) is 3.43. The quantitative estimate of drug-likeness (QED) is 0.653. The van der Waals surface area contributed by atoms with Crippen molar-refractivity contribution in [1.82, 2.24) is 4.57 Å². The van der Waals surface area contributed by atoms with Gasteiger partial charge in [-0.15, -0.1) is 11.3 Å². The minimum Gasteiger partial charge on any atom is -0.497 e. The maximum absolute atomic E-state index is 12.5. The van der Waals surface area contributed by atoms with Crippen LogP contribution in [0.2, 0.25) is 0 Å². The van der Waals surface area contributed by atoms with Crippen LogP contribution >= 0.6 is 11.3 Å². The van der Waals surface area contributed by atoms with E-state index < -0.39 is 0 Å². The van der Waals surface area contributed by atoms with Crippen LogP contribution in [0, 0.1) is 0 Å². The van der Waals surface area contributed by atoms with Crippen molar-refractivity contribution in [2.75, 3.05) is 13.7 Å². The lowest BCUT2D eigenvalue weighted by Gasteiger charge is -2.08. The van der Waals surface area contributed by atoms with Crippen molar-refractivity contribution in [2.24, 2.45) is 0 Å². The molecular weight excluding hydrogens is 310 g/mol. The maximum Gasteiger partial charge on any atom is 0.341 e. The molecule has 0 N–H and O–H groups in total. The molecule has 118 valence electrons. The largest absolute Gasteiger partial charge is 0.497 e. The number of rotatable bonds is 5. The monoisotopic (exact) mass is 327 g/mol. The summed E-state index contributed by atoms with van der Waals surface area (Å²) in [6, 6.07) is 11.5. The third-order valence-corrected chi connectivity index (χ3v) is 4.48. The number of methoxy groups -OCH3 is 1. The third kappa shape index (κ3) is 3.00. The van der Waals surface area contributed by atoms with E-state index in [2.05, 4.69) is 0 Å². The van der Waals surface area contributed by atoms with Crippen LogP contribution < -0.4 is 4.74 Å². The van der Waals surface area contributed by atoms with Crippen molar-refractivity contribution in [3.8, 4) is 21.9 Å². The molecule has 2 heterocycles. The van der Waals surface area contributed by atoms with Crippen molar-refractivity contribution >= 4 is 17.3 Å². The number of esters is 1. The van der Waals surface area contributed by atoms with E-state index >= 15 is 0 Å². The van der Waals surface area contributed by atoms with E-state index in [0.29, 0.717) is 12.2 Å². The van der Waals surface area contributed by atoms with Gasteiger partial charge in [0.05, 0.1) is 13.7 Å². The molecule has 1 aromatic carbocycles. The fourth-order valence-electron chi connectivity index (χ4n) is 2.39. The van der Waals surface area contributed by atoms with E-state index in [1.54, 1.807) is 7.11 Å². The topological polar surface area (TPSA) is 40.5 Å². The first-order valence-corrected chi connectivity index (χ1v) is 8.19. The van der Waals surface area contributed by atoms with Crippen LogP contribution in [0.25, 0.3) is 16.1 Å². The average Bonchev–Trinajstić information content (AvgIpc) is 3.24. The molecule has 0 atom stereocenters. The molecule has 0 saturated heterocycles. The zero-order chi connectivity index (χ0) is 16.2. The first-order chi connectivity index (χ1) is 11.2. The van der Waals surface area contributed by atoms with Crippen LogP contribution in [0.5, 0.6) is 5.75 Å². The van der Waals surface area contributed by atoms with E-state index in [9.17, 15) is 4.79 Å². The lowest BCUT2D eigenvalue weighted by atomic mass is 10.0. The summed E-state index contributed by atoms with van der Waals surface area (Å²) >= 11 is 1.52. The van der Waals surface area contributed by atoms with Crippen LogP contribution in [0.15, 0.2) is 54.2 Å². The van der Waals surface area contributed by atoms with Crippen LogP contribution in [-0.4, -0.2) is 24.3 Å². The zero-order valence-electron chi connectivity index (χ0n) is 13.0. The summed E-state index contributed by atoms with van der Waals surface area (Å²) in [5.41, 5.74) is 2.43. The molecule has 0 radical (unpaired) electrons. The van der Waals surface area contributed by atoms with E-state index in [-0.39, 0.29) is 5.97 Å². The highest BCUT2D eigenvalue weighted by molar-refractivity contribution is 7.13. The number of nitrogens with zero attached hydrogens (tertiary/aromatic N) is 1. The molecule has 5 heteroatoms. The highest BCUT2D eigenvalue weighted by Gasteiger charge is 2.22. The predicted molar refractivity (Wildman–Crippen MR) is 91.6 cm³/mol. The molecule has 3 aromatic rings. The highest BCUT2D eigenvalue weighted by atomic mass is 32.1. The second-order valence-corrected chi connectivity index (χ2v) is 5.73. The van der Waals surface area contributed by atoms with Gasteiger partial charge in [-0.1, -0.05) is 12.1 Å². The number of hydrogen-bond acceptors (Lipinski definition) is 4. The van der Waals surface area contributed by atoms with Gasteiger partial charge in [0.25, 0.3) is 0 Å². The standard InChI is InChI=1S/C18H17NO3S/c1-3-22-18(20)16-15(13-6-8-14(21-2)9-7-13)12-23-17(16)19-10-4-5-11-19/h4-12H,3H2,1-2H3. The molecule has 4 nitrogen and oxygen atoms in total. The van der Waals surface area contributed by atoms with Crippen molar-refractivity contribution in [1.29, 1.82) is 0 Å². The summed E-state index contributed by atoms with van der Waals surface area (Å²) in [6.45, 7) is 2.16. The molecule has 2 aromatic heterocycles. The number of hydrogen-bond donors (Lipinski definition) is 0. The number of carbonyl (C=O) groups is 1. The highest BCUT2D eigenvalue weighted by Crippen LogP contribution is 2.35. The molecule has 0 aliphatic heterocycles. The molecule has 0 amide bonds. The minimum absolute atomic E-state index is 0.303. The van der Waals surface area contributed by atoms with Gasteiger partial charge in [0.2, 0.25) is 0 Å². The number of benzene rings is 1. The summed E-state index contributed by atoms with van der Waals surface area (Å²) in [6.07, 6.45) is 3.85. The number of thiophene rings is 1. The van der Waals surface area contributed by atoms with Gasteiger partial charge in [-0.2, -0.15) is 0 Å². The molecule has 0 aliphatic rings. The molecule has 23 heavy (non-hydrogen) atoms. The molecule has 0 unspecified atom stereocenters. The van der Waals surface area contributed by atoms with E-state index in [0.717, 1.165) is 21.9 Å².